The van der Waals surface area contributed by atoms with Crippen molar-refractivity contribution in [2.75, 3.05) is 47.1 Å². The molecule has 4 aromatic rings. The number of nitrogens with zero attached hydrogens (tertiary/aromatic N) is 4. The standard InChI is InChI=1S/C44H54N4O13/c1-29(50)56-28-39-40(58-30(2)51)41(59-31(3)52)42(60-32(4)53)43(61-39)48-27-36(45-46-48)26-47(22-10-24-49)23-11-25-57-44(33-12-8-7-9-13-33,34-14-18-37(54-5)19-15-34)35-16-20-38(55-6)21-17-35/h7-9,12-21,27,39-43,49H,10-11,22-26,28H2,1-6H3/t39-,40+,41+,42-,43-/m0/s1. The minimum atomic E-state index is -1.36. The van der Waals surface area contributed by atoms with Crippen molar-refractivity contribution in [2.24, 2.45) is 0 Å². The second-order valence-corrected chi connectivity index (χ2v) is 14.3. The molecular formula is C44H54N4O13. The Morgan fingerprint density at radius 3 is 1.80 bits per heavy atom. The van der Waals surface area contributed by atoms with E-state index in [2.05, 4.69) is 15.2 Å². The first-order chi connectivity index (χ1) is 29.4. The van der Waals surface area contributed by atoms with E-state index in [4.69, 9.17) is 37.9 Å². The van der Waals surface area contributed by atoms with Crippen molar-refractivity contribution in [3.63, 3.8) is 0 Å². The van der Waals surface area contributed by atoms with Gasteiger partial charge in [0, 0.05) is 60.5 Å². The minimum Gasteiger partial charge on any atom is -0.497 e. The summed E-state index contributed by atoms with van der Waals surface area (Å²) in [4.78, 5) is 50.8. The summed E-state index contributed by atoms with van der Waals surface area (Å²) < 4.78 is 47.4. The van der Waals surface area contributed by atoms with Crippen LogP contribution in [0.25, 0.3) is 0 Å². The fraction of sp³-hybridized carbons (Fsp3) is 0.455. The molecule has 0 radical (unpaired) electrons. The molecule has 17 heteroatoms. The van der Waals surface area contributed by atoms with Crippen molar-refractivity contribution in [1.82, 2.24) is 19.9 Å². The first kappa shape index (κ1) is 46.2. The lowest BCUT2D eigenvalue weighted by Crippen LogP contribution is -2.60. The summed E-state index contributed by atoms with van der Waals surface area (Å²) in [6.45, 7) is 5.96. The quantitative estimate of drug-likeness (QED) is 0.0544. The number of aliphatic hydroxyl groups is 1. The maximum absolute atomic E-state index is 12.4. The molecule has 61 heavy (non-hydrogen) atoms. The van der Waals surface area contributed by atoms with Crippen molar-refractivity contribution < 1.29 is 62.2 Å². The van der Waals surface area contributed by atoms with Gasteiger partial charge in [-0.2, -0.15) is 0 Å². The third-order valence-corrected chi connectivity index (χ3v) is 9.91. The Hall–Kier alpha value is -5.88. The zero-order valence-corrected chi connectivity index (χ0v) is 35.3. The van der Waals surface area contributed by atoms with E-state index < -0.39 is 60.1 Å². The molecule has 0 aliphatic carbocycles. The van der Waals surface area contributed by atoms with Crippen molar-refractivity contribution in [2.45, 2.75) is 83.3 Å². The van der Waals surface area contributed by atoms with E-state index in [9.17, 15) is 24.3 Å². The van der Waals surface area contributed by atoms with Gasteiger partial charge in [0.25, 0.3) is 0 Å². The average Bonchev–Trinajstić information content (AvgIpc) is 3.71. The van der Waals surface area contributed by atoms with E-state index in [0.717, 1.165) is 30.5 Å². The summed E-state index contributed by atoms with van der Waals surface area (Å²) in [5, 5.41) is 18.5. The highest BCUT2D eigenvalue weighted by Crippen LogP contribution is 2.42. The van der Waals surface area contributed by atoms with Crippen LogP contribution in [-0.4, -0.2) is 120 Å². The Bertz CT molecular complexity index is 1980. The SMILES string of the molecule is COc1ccc(C(OCCCN(CCCO)Cc2cn([C@H]3O[C@@H](COC(C)=O)[C@@H](OC(C)=O)[C@@H](OC(C)=O)[C@@H]3OC(C)=O)nn2)(c2ccccc2)c2ccc(OC)cc2)cc1. The van der Waals surface area contributed by atoms with Crippen LogP contribution in [-0.2, 0) is 59.7 Å². The van der Waals surface area contributed by atoms with Crippen LogP contribution in [0.2, 0.25) is 0 Å². The summed E-state index contributed by atoms with van der Waals surface area (Å²) in [5.74, 6) is -1.41. The molecule has 0 saturated carbocycles. The van der Waals surface area contributed by atoms with E-state index in [0.29, 0.717) is 56.3 Å². The molecule has 0 spiro atoms. The van der Waals surface area contributed by atoms with Crippen LogP contribution in [0, 0.1) is 0 Å². The number of esters is 4. The lowest BCUT2D eigenvalue weighted by Gasteiger charge is -2.44. The van der Waals surface area contributed by atoms with E-state index in [1.165, 1.54) is 18.5 Å². The van der Waals surface area contributed by atoms with Gasteiger partial charge < -0.3 is 43.0 Å². The molecule has 0 amide bonds. The Kier molecular flexibility index (Phi) is 16.7. The van der Waals surface area contributed by atoms with Crippen molar-refractivity contribution >= 4 is 23.9 Å². The molecule has 0 unspecified atom stereocenters. The highest BCUT2D eigenvalue weighted by molar-refractivity contribution is 5.68. The Labute approximate surface area is 354 Å². The van der Waals surface area contributed by atoms with Crippen LogP contribution in [0.4, 0.5) is 0 Å². The summed E-state index contributed by atoms with van der Waals surface area (Å²) in [6.07, 6.45) is -3.76. The van der Waals surface area contributed by atoms with E-state index >= 15 is 0 Å². The fourth-order valence-electron chi connectivity index (χ4n) is 7.31. The number of aliphatic hydroxyl groups excluding tert-OH is 1. The number of hydrogen-bond donors (Lipinski definition) is 1. The second kappa shape index (κ2) is 22.1. The molecule has 5 rings (SSSR count). The summed E-state index contributed by atoms with van der Waals surface area (Å²) >= 11 is 0. The van der Waals surface area contributed by atoms with Crippen molar-refractivity contribution in [3.05, 3.63) is 107 Å². The number of hydrogen-bond acceptors (Lipinski definition) is 16. The molecule has 1 N–H and O–H groups in total. The Balaban J connectivity index is 1.39. The summed E-state index contributed by atoms with van der Waals surface area (Å²) in [6, 6.07) is 25.6. The number of rotatable bonds is 21. The first-order valence-corrected chi connectivity index (χ1v) is 19.9. The van der Waals surface area contributed by atoms with Gasteiger partial charge in [0.1, 0.15) is 29.8 Å². The maximum atomic E-state index is 12.4. The van der Waals surface area contributed by atoms with E-state index in [-0.39, 0.29) is 13.2 Å². The van der Waals surface area contributed by atoms with Crippen LogP contribution < -0.4 is 9.47 Å². The van der Waals surface area contributed by atoms with Crippen LogP contribution in [0.3, 0.4) is 0 Å². The Morgan fingerprint density at radius 1 is 0.721 bits per heavy atom. The van der Waals surface area contributed by atoms with Crippen molar-refractivity contribution in [3.8, 4) is 11.5 Å². The monoisotopic (exact) mass is 846 g/mol. The highest BCUT2D eigenvalue weighted by Gasteiger charge is 2.53. The van der Waals surface area contributed by atoms with Gasteiger partial charge in [-0.3, -0.25) is 24.1 Å². The predicted octanol–water partition coefficient (Wildman–Crippen LogP) is 4.13. The zero-order chi connectivity index (χ0) is 43.9. The number of ether oxygens (including phenoxy) is 8. The van der Waals surface area contributed by atoms with E-state index in [1.807, 2.05) is 78.9 Å². The zero-order valence-electron chi connectivity index (χ0n) is 35.3. The molecule has 3 aromatic carbocycles. The number of methoxy groups -OCH3 is 2. The molecule has 328 valence electrons. The van der Waals surface area contributed by atoms with Crippen molar-refractivity contribution in [1.29, 1.82) is 0 Å². The van der Waals surface area contributed by atoms with E-state index in [1.54, 1.807) is 20.4 Å². The largest absolute Gasteiger partial charge is 0.497 e. The number of carbonyl (C=O) groups excluding carboxylic acids is 4. The van der Waals surface area contributed by atoms with Crippen LogP contribution >= 0.6 is 0 Å². The van der Waals surface area contributed by atoms with Gasteiger partial charge >= 0.3 is 23.9 Å². The molecule has 1 aliphatic rings. The normalized spacial score (nSPS) is 18.9. The molecule has 1 saturated heterocycles. The smallest absolute Gasteiger partial charge is 0.303 e. The fourth-order valence-corrected chi connectivity index (χ4v) is 7.31. The summed E-state index contributed by atoms with van der Waals surface area (Å²) in [5.41, 5.74) is 2.24. The molecule has 5 atom stereocenters. The lowest BCUT2D eigenvalue weighted by molar-refractivity contribution is -0.270. The maximum Gasteiger partial charge on any atom is 0.303 e. The number of benzene rings is 3. The third kappa shape index (κ3) is 12.1. The van der Waals surface area contributed by atoms with Gasteiger partial charge in [-0.1, -0.05) is 59.8 Å². The first-order valence-electron chi connectivity index (χ1n) is 19.9. The van der Waals surface area contributed by atoms with Gasteiger partial charge in [-0.15, -0.1) is 5.10 Å². The number of carbonyl (C=O) groups is 4. The summed E-state index contributed by atoms with van der Waals surface area (Å²) in [7, 11) is 3.25. The third-order valence-electron chi connectivity index (χ3n) is 9.91. The van der Waals surface area contributed by atoms with Crippen LogP contribution in [0.5, 0.6) is 11.5 Å². The van der Waals surface area contributed by atoms with Gasteiger partial charge in [0.2, 0.25) is 0 Å². The average molecular weight is 847 g/mol. The van der Waals surface area contributed by atoms with Crippen LogP contribution in [0.15, 0.2) is 85.1 Å². The Morgan fingerprint density at radius 2 is 1.26 bits per heavy atom. The topological polar surface area (TPSA) is 196 Å². The lowest BCUT2D eigenvalue weighted by atomic mass is 9.80. The van der Waals surface area contributed by atoms with Gasteiger partial charge in [-0.05, 0) is 53.8 Å². The highest BCUT2D eigenvalue weighted by atomic mass is 16.7. The molecule has 1 aliphatic heterocycles. The van der Waals surface area contributed by atoms with Crippen LogP contribution in [0.1, 0.15) is 69.1 Å². The predicted molar refractivity (Wildman–Crippen MR) is 217 cm³/mol. The molecular weight excluding hydrogens is 792 g/mol. The molecule has 1 fully saturated rings. The minimum absolute atomic E-state index is 0.0313. The van der Waals surface area contributed by atoms with Gasteiger partial charge in [0.15, 0.2) is 24.5 Å². The second-order valence-electron chi connectivity index (χ2n) is 14.3. The molecule has 1 aromatic heterocycles. The van der Waals surface area contributed by atoms with Gasteiger partial charge in [0.05, 0.1) is 26.1 Å². The molecule has 0 bridgehead atoms. The number of aromatic nitrogens is 3. The molecule has 2 heterocycles. The van der Waals surface area contributed by atoms with Gasteiger partial charge in [-0.25, -0.2) is 4.68 Å². The molecule has 17 nitrogen and oxygen atoms in total.